The third-order valence-electron chi connectivity index (χ3n) is 9.00. The number of hydrogen-bond donors (Lipinski definition) is 3. The van der Waals surface area contributed by atoms with Crippen molar-refractivity contribution in [2.45, 2.75) is 78.1 Å². The largest absolute Gasteiger partial charge is 0.344 e. The highest BCUT2D eigenvalue weighted by Crippen LogP contribution is 2.68. The van der Waals surface area contributed by atoms with Crippen molar-refractivity contribution in [3.8, 4) is 0 Å². The Labute approximate surface area is 156 Å². The zero-order chi connectivity index (χ0) is 18.9. The molecular formula is C22H34O4. The highest BCUT2D eigenvalue weighted by atomic mass is 16.7. The summed E-state index contributed by atoms with van der Waals surface area (Å²) in [6.07, 6.45) is 9.18. The van der Waals surface area contributed by atoms with Crippen molar-refractivity contribution in [1.82, 2.24) is 0 Å². The molecule has 0 saturated heterocycles. The van der Waals surface area contributed by atoms with E-state index in [9.17, 15) is 20.1 Å². The fraction of sp³-hybridized carbons (Fsp3) is 0.864. The van der Waals surface area contributed by atoms with Crippen LogP contribution in [0.1, 0.15) is 72.1 Å². The molecule has 4 aliphatic carbocycles. The summed E-state index contributed by atoms with van der Waals surface area (Å²) in [6.45, 7) is 7.01. The van der Waals surface area contributed by atoms with Gasteiger partial charge in [-0.2, -0.15) is 0 Å². The van der Waals surface area contributed by atoms with Gasteiger partial charge in [-0.05, 0) is 85.0 Å². The zero-order valence-corrected chi connectivity index (χ0v) is 16.4. The molecule has 26 heavy (non-hydrogen) atoms. The number of hydrogen-bond acceptors (Lipinski definition) is 4. The predicted molar refractivity (Wildman–Crippen MR) is 98.8 cm³/mol. The Hall–Kier alpha value is -0.710. The van der Waals surface area contributed by atoms with Gasteiger partial charge >= 0.3 is 0 Å². The van der Waals surface area contributed by atoms with Gasteiger partial charge in [-0.3, -0.25) is 4.79 Å². The molecule has 146 valence electrons. The summed E-state index contributed by atoms with van der Waals surface area (Å²) < 4.78 is 0. The van der Waals surface area contributed by atoms with Gasteiger partial charge in [0.2, 0.25) is 0 Å². The molecule has 4 heteroatoms. The summed E-state index contributed by atoms with van der Waals surface area (Å²) in [7, 11) is 0. The molecule has 4 aliphatic rings. The molecule has 0 aromatic heterocycles. The van der Waals surface area contributed by atoms with E-state index >= 15 is 0 Å². The number of rotatable bonds is 2. The van der Waals surface area contributed by atoms with Crippen LogP contribution in [-0.2, 0) is 4.79 Å². The molecule has 0 heterocycles. The molecule has 4 nitrogen and oxygen atoms in total. The van der Waals surface area contributed by atoms with E-state index in [1.54, 1.807) is 0 Å². The van der Waals surface area contributed by atoms with Crippen LogP contribution in [0.3, 0.4) is 0 Å². The lowest BCUT2D eigenvalue weighted by molar-refractivity contribution is -0.323. The van der Waals surface area contributed by atoms with Crippen molar-refractivity contribution in [2.75, 3.05) is 0 Å². The summed E-state index contributed by atoms with van der Waals surface area (Å²) in [6, 6.07) is 0. The van der Waals surface area contributed by atoms with Gasteiger partial charge in [0.15, 0.2) is 5.78 Å². The molecule has 3 saturated carbocycles. The number of ketones is 1. The lowest BCUT2D eigenvalue weighted by Gasteiger charge is -2.59. The van der Waals surface area contributed by atoms with Gasteiger partial charge in [-0.25, -0.2) is 0 Å². The molecular weight excluding hydrogens is 328 g/mol. The summed E-state index contributed by atoms with van der Waals surface area (Å²) in [5, 5.41) is 28.6. The number of aliphatic hydroxyl groups is 3. The molecule has 0 radical (unpaired) electrons. The molecule has 1 unspecified atom stereocenters. The fourth-order valence-corrected chi connectivity index (χ4v) is 7.76. The van der Waals surface area contributed by atoms with Crippen molar-refractivity contribution in [1.29, 1.82) is 0 Å². The minimum absolute atomic E-state index is 0.0594. The molecule has 0 aromatic carbocycles. The first-order valence-electron chi connectivity index (χ1n) is 10.5. The van der Waals surface area contributed by atoms with E-state index in [-0.39, 0.29) is 23.2 Å². The molecule has 0 bridgehead atoms. The van der Waals surface area contributed by atoms with E-state index < -0.39 is 5.97 Å². The smallest absolute Gasteiger partial charge is 0.275 e. The van der Waals surface area contributed by atoms with Crippen molar-refractivity contribution < 1.29 is 20.1 Å². The number of carbonyl (C=O) groups excluding carboxylic acids is 1. The van der Waals surface area contributed by atoms with E-state index in [1.807, 2.05) is 6.08 Å². The van der Waals surface area contributed by atoms with Gasteiger partial charge < -0.3 is 15.3 Å². The summed E-state index contributed by atoms with van der Waals surface area (Å²) in [5.74, 6) is 0.249. The van der Waals surface area contributed by atoms with Crippen molar-refractivity contribution in [3.05, 3.63) is 11.6 Å². The van der Waals surface area contributed by atoms with Crippen LogP contribution < -0.4 is 0 Å². The lowest BCUT2D eigenvalue weighted by Crippen LogP contribution is -2.52. The van der Waals surface area contributed by atoms with Gasteiger partial charge in [0, 0.05) is 12.8 Å². The van der Waals surface area contributed by atoms with Gasteiger partial charge in [0.25, 0.3) is 5.97 Å². The Morgan fingerprint density at radius 1 is 1.12 bits per heavy atom. The second-order valence-corrected chi connectivity index (χ2v) is 10.3. The first kappa shape index (κ1) is 18.6. The van der Waals surface area contributed by atoms with Gasteiger partial charge in [0.05, 0.1) is 0 Å². The molecule has 3 N–H and O–H groups in total. The minimum atomic E-state index is -2.55. The average molecular weight is 363 g/mol. The maximum absolute atomic E-state index is 12.0. The lowest BCUT2D eigenvalue weighted by atomic mass is 9.45. The Kier molecular flexibility index (Phi) is 4.22. The monoisotopic (exact) mass is 362 g/mol. The first-order valence-corrected chi connectivity index (χ1v) is 10.5. The third kappa shape index (κ3) is 2.71. The highest BCUT2D eigenvalue weighted by molar-refractivity contribution is 5.91. The minimum Gasteiger partial charge on any atom is -0.344 e. The fourth-order valence-electron chi connectivity index (χ4n) is 7.76. The first-order chi connectivity index (χ1) is 12.0. The van der Waals surface area contributed by atoms with Crippen LogP contribution >= 0.6 is 0 Å². The summed E-state index contributed by atoms with van der Waals surface area (Å²) in [4.78, 5) is 12.0. The topological polar surface area (TPSA) is 77.8 Å². The summed E-state index contributed by atoms with van der Waals surface area (Å²) >= 11 is 0. The van der Waals surface area contributed by atoms with E-state index in [1.165, 1.54) is 5.57 Å². The second kappa shape index (κ2) is 5.89. The maximum atomic E-state index is 12.0. The third-order valence-corrected chi connectivity index (χ3v) is 9.00. The normalized spacial score (nSPS) is 48.5. The molecule has 0 amide bonds. The van der Waals surface area contributed by atoms with Crippen LogP contribution in [0.15, 0.2) is 11.6 Å². The highest BCUT2D eigenvalue weighted by Gasteiger charge is 2.60. The standard InChI is InChI=1S/C22H34O4/c1-13-10-16-17-5-4-14(12-22(24,25)26)20(17,2)9-7-18(16)21(3)8-6-15(23)11-19(13)21/h11,13-14,16-18,24-26H,4-10,12H2,1-3H3/t13?,14-,16+,17+,18+,20-,21-/m1/s1. The molecule has 7 atom stereocenters. The predicted octanol–water partition coefficient (Wildman–Crippen LogP) is 3.40. The molecule has 3 fully saturated rings. The molecule has 4 rings (SSSR count). The molecule has 0 aromatic rings. The molecule has 0 aliphatic heterocycles. The Balaban J connectivity index is 1.64. The van der Waals surface area contributed by atoms with Gasteiger partial charge in [-0.15, -0.1) is 0 Å². The van der Waals surface area contributed by atoms with Crippen molar-refractivity contribution >= 4 is 5.78 Å². The van der Waals surface area contributed by atoms with Crippen LogP contribution in [0, 0.1) is 40.4 Å². The Morgan fingerprint density at radius 2 is 1.85 bits per heavy atom. The van der Waals surface area contributed by atoms with Crippen LogP contribution in [0.5, 0.6) is 0 Å². The number of fused-ring (bicyclic) bond motifs is 5. The van der Waals surface area contributed by atoms with Crippen LogP contribution in [0.25, 0.3) is 0 Å². The Bertz CT molecular complexity index is 633. The van der Waals surface area contributed by atoms with Gasteiger partial charge in [-0.1, -0.05) is 26.3 Å². The average Bonchev–Trinajstić information content (AvgIpc) is 2.85. The second-order valence-electron chi connectivity index (χ2n) is 10.3. The SMILES string of the molecule is CC1C[C@H]2[C@@H]3CC[C@H](CC(O)(O)O)[C@@]3(C)CC[C@@H]2[C@@]2(C)CCC(=O)C=C12. The van der Waals surface area contributed by atoms with Crippen LogP contribution in [0.2, 0.25) is 0 Å². The molecule has 0 spiro atoms. The Morgan fingerprint density at radius 3 is 2.54 bits per heavy atom. The van der Waals surface area contributed by atoms with Crippen LogP contribution in [0.4, 0.5) is 0 Å². The van der Waals surface area contributed by atoms with E-state index in [2.05, 4.69) is 20.8 Å². The van der Waals surface area contributed by atoms with E-state index in [0.717, 1.165) is 38.5 Å². The van der Waals surface area contributed by atoms with E-state index in [4.69, 9.17) is 0 Å². The number of allylic oxidation sites excluding steroid dienone is 1. The number of carbonyl (C=O) groups is 1. The van der Waals surface area contributed by atoms with Crippen molar-refractivity contribution in [2.24, 2.45) is 40.4 Å². The van der Waals surface area contributed by atoms with Crippen molar-refractivity contribution in [3.63, 3.8) is 0 Å². The quantitative estimate of drug-likeness (QED) is 0.658. The van der Waals surface area contributed by atoms with E-state index in [0.29, 0.717) is 35.9 Å². The zero-order valence-electron chi connectivity index (χ0n) is 16.4. The summed E-state index contributed by atoms with van der Waals surface area (Å²) in [5.41, 5.74) is 1.64. The van der Waals surface area contributed by atoms with Crippen LogP contribution in [-0.4, -0.2) is 27.1 Å². The van der Waals surface area contributed by atoms with Gasteiger partial charge in [0.1, 0.15) is 0 Å². The maximum Gasteiger partial charge on any atom is 0.275 e.